The summed E-state index contributed by atoms with van der Waals surface area (Å²) in [7, 11) is 0. The number of nitrogens with zero attached hydrogens (tertiary/aromatic N) is 1. The highest BCUT2D eigenvalue weighted by Crippen LogP contribution is 2.35. The molecular weight excluding hydrogens is 236 g/mol. The second-order valence-electron chi connectivity index (χ2n) is 6.45. The Hall–Kier alpha value is -0.120. The lowest BCUT2D eigenvalue weighted by atomic mass is 9.75. The molecule has 2 atom stereocenters. The van der Waals surface area contributed by atoms with Crippen LogP contribution in [0.2, 0.25) is 0 Å². The highest BCUT2D eigenvalue weighted by atomic mass is 16.5. The number of hydrogen-bond acceptors (Lipinski definition) is 3. The second kappa shape index (κ2) is 7.05. The molecule has 1 saturated carbocycles. The lowest BCUT2D eigenvalue weighted by Crippen LogP contribution is -2.62. The maximum atomic E-state index is 5.53. The summed E-state index contributed by atoms with van der Waals surface area (Å²) >= 11 is 0. The van der Waals surface area contributed by atoms with Gasteiger partial charge in [-0.3, -0.25) is 4.90 Å². The predicted octanol–water partition coefficient (Wildman–Crippen LogP) is 2.66. The van der Waals surface area contributed by atoms with Crippen molar-refractivity contribution in [3.8, 4) is 0 Å². The van der Waals surface area contributed by atoms with Gasteiger partial charge in [0, 0.05) is 24.7 Å². The molecule has 112 valence electrons. The molecule has 1 N–H and O–H groups in total. The average Bonchev–Trinajstić information content (AvgIpc) is 2.41. The Morgan fingerprint density at radius 1 is 1.26 bits per heavy atom. The Labute approximate surface area is 119 Å². The Morgan fingerprint density at radius 2 is 1.95 bits per heavy atom. The van der Waals surface area contributed by atoms with E-state index < -0.39 is 0 Å². The molecule has 0 spiro atoms. The average molecular weight is 268 g/mol. The van der Waals surface area contributed by atoms with Gasteiger partial charge in [0.2, 0.25) is 0 Å². The van der Waals surface area contributed by atoms with Gasteiger partial charge >= 0.3 is 0 Å². The smallest absolute Gasteiger partial charge is 0.0594 e. The molecule has 0 radical (unpaired) electrons. The SMILES string of the molecule is CCNC(CC1CCC1)C(C)(CC)N1CCOCC1. The standard InChI is InChI=1S/C16H32N2O/c1-4-16(3,18-9-11-19-12-10-18)15(17-5-2)13-14-7-6-8-14/h14-15,17H,4-13H2,1-3H3. The maximum Gasteiger partial charge on any atom is 0.0594 e. The summed E-state index contributed by atoms with van der Waals surface area (Å²) in [6, 6.07) is 0.630. The molecule has 1 aliphatic carbocycles. The lowest BCUT2D eigenvalue weighted by molar-refractivity contribution is -0.0368. The quantitative estimate of drug-likeness (QED) is 0.768. The van der Waals surface area contributed by atoms with Crippen LogP contribution < -0.4 is 5.32 Å². The molecule has 2 aliphatic rings. The van der Waals surface area contributed by atoms with E-state index in [-0.39, 0.29) is 5.54 Å². The van der Waals surface area contributed by atoms with Gasteiger partial charge in [0.1, 0.15) is 0 Å². The molecule has 1 aliphatic heterocycles. The van der Waals surface area contributed by atoms with Crippen LogP contribution >= 0.6 is 0 Å². The molecule has 0 amide bonds. The Kier molecular flexibility index (Phi) is 5.67. The van der Waals surface area contributed by atoms with E-state index in [2.05, 4.69) is 31.0 Å². The van der Waals surface area contributed by atoms with Gasteiger partial charge in [-0.05, 0) is 32.2 Å². The molecule has 1 heterocycles. The van der Waals surface area contributed by atoms with Crippen LogP contribution in [0, 0.1) is 5.92 Å². The van der Waals surface area contributed by atoms with Gasteiger partial charge in [-0.1, -0.05) is 33.1 Å². The minimum atomic E-state index is 0.287. The van der Waals surface area contributed by atoms with E-state index >= 15 is 0 Å². The molecule has 2 fully saturated rings. The summed E-state index contributed by atoms with van der Waals surface area (Å²) in [5, 5.41) is 3.79. The normalized spacial score (nSPS) is 26.7. The fraction of sp³-hybridized carbons (Fsp3) is 1.00. The fourth-order valence-corrected chi connectivity index (χ4v) is 3.63. The summed E-state index contributed by atoms with van der Waals surface area (Å²) in [4.78, 5) is 2.67. The zero-order chi connectivity index (χ0) is 13.7. The third-order valence-electron chi connectivity index (χ3n) is 5.44. The van der Waals surface area contributed by atoms with E-state index in [1.807, 2.05) is 0 Å². The molecule has 0 aromatic rings. The molecule has 0 aromatic heterocycles. The first-order valence-electron chi connectivity index (χ1n) is 8.27. The third kappa shape index (κ3) is 3.50. The monoisotopic (exact) mass is 268 g/mol. The highest BCUT2D eigenvalue weighted by Gasteiger charge is 2.40. The molecular formula is C16H32N2O. The van der Waals surface area contributed by atoms with Crippen LogP contribution in [-0.4, -0.2) is 49.3 Å². The van der Waals surface area contributed by atoms with Crippen LogP contribution in [0.3, 0.4) is 0 Å². The number of nitrogens with one attached hydrogen (secondary N) is 1. The predicted molar refractivity (Wildman–Crippen MR) is 80.5 cm³/mol. The van der Waals surface area contributed by atoms with E-state index in [0.29, 0.717) is 6.04 Å². The molecule has 1 saturated heterocycles. The highest BCUT2D eigenvalue weighted by molar-refractivity contribution is 4.98. The van der Waals surface area contributed by atoms with Crippen molar-refractivity contribution >= 4 is 0 Å². The largest absolute Gasteiger partial charge is 0.379 e. The van der Waals surface area contributed by atoms with E-state index in [1.165, 1.54) is 32.1 Å². The van der Waals surface area contributed by atoms with Crippen molar-refractivity contribution in [2.24, 2.45) is 5.92 Å². The van der Waals surface area contributed by atoms with Crippen LogP contribution in [0.25, 0.3) is 0 Å². The number of morpholine rings is 1. The zero-order valence-electron chi connectivity index (χ0n) is 13.1. The Bertz CT molecular complexity index is 261. The zero-order valence-corrected chi connectivity index (χ0v) is 13.1. The maximum absolute atomic E-state index is 5.53. The van der Waals surface area contributed by atoms with E-state index in [1.54, 1.807) is 0 Å². The van der Waals surface area contributed by atoms with Crippen molar-refractivity contribution in [1.29, 1.82) is 0 Å². The van der Waals surface area contributed by atoms with Gasteiger partial charge in [0.15, 0.2) is 0 Å². The topological polar surface area (TPSA) is 24.5 Å². The third-order valence-corrected chi connectivity index (χ3v) is 5.44. The van der Waals surface area contributed by atoms with E-state index in [4.69, 9.17) is 4.74 Å². The van der Waals surface area contributed by atoms with Crippen LogP contribution in [0.5, 0.6) is 0 Å². The van der Waals surface area contributed by atoms with Crippen molar-refractivity contribution in [3.05, 3.63) is 0 Å². The van der Waals surface area contributed by atoms with Crippen LogP contribution in [0.4, 0.5) is 0 Å². The molecule has 3 nitrogen and oxygen atoms in total. The summed E-state index contributed by atoms with van der Waals surface area (Å²) in [5.74, 6) is 0.968. The first-order valence-corrected chi connectivity index (χ1v) is 8.27. The molecule has 3 heteroatoms. The Morgan fingerprint density at radius 3 is 2.42 bits per heavy atom. The molecule has 0 aromatic carbocycles. The Balaban J connectivity index is 2.03. The van der Waals surface area contributed by atoms with Gasteiger partial charge < -0.3 is 10.1 Å². The van der Waals surface area contributed by atoms with Crippen molar-refractivity contribution in [1.82, 2.24) is 10.2 Å². The first-order chi connectivity index (χ1) is 9.20. The molecule has 19 heavy (non-hydrogen) atoms. The van der Waals surface area contributed by atoms with Gasteiger partial charge in [0.25, 0.3) is 0 Å². The molecule has 2 unspecified atom stereocenters. The van der Waals surface area contributed by atoms with Gasteiger partial charge in [-0.25, -0.2) is 0 Å². The van der Waals surface area contributed by atoms with Crippen LogP contribution in [-0.2, 0) is 4.74 Å². The van der Waals surface area contributed by atoms with E-state index in [0.717, 1.165) is 38.8 Å². The van der Waals surface area contributed by atoms with Crippen LogP contribution in [0.1, 0.15) is 52.9 Å². The lowest BCUT2D eigenvalue weighted by Gasteiger charge is -2.49. The first kappa shape index (κ1) is 15.3. The van der Waals surface area contributed by atoms with Crippen molar-refractivity contribution in [2.45, 2.75) is 64.5 Å². The van der Waals surface area contributed by atoms with Gasteiger partial charge in [-0.15, -0.1) is 0 Å². The number of ether oxygens (including phenoxy) is 1. The van der Waals surface area contributed by atoms with Crippen molar-refractivity contribution in [3.63, 3.8) is 0 Å². The van der Waals surface area contributed by atoms with Crippen molar-refractivity contribution < 1.29 is 4.74 Å². The summed E-state index contributed by atoms with van der Waals surface area (Å²) in [6.07, 6.45) is 6.92. The summed E-state index contributed by atoms with van der Waals surface area (Å²) < 4.78 is 5.53. The number of hydrogen-bond donors (Lipinski definition) is 1. The summed E-state index contributed by atoms with van der Waals surface area (Å²) in [5.41, 5.74) is 0.287. The van der Waals surface area contributed by atoms with Crippen LogP contribution in [0.15, 0.2) is 0 Å². The molecule has 2 rings (SSSR count). The number of rotatable bonds is 7. The number of likely N-dealkylation sites (N-methyl/N-ethyl adjacent to an activating group) is 1. The fourth-order valence-electron chi connectivity index (χ4n) is 3.63. The van der Waals surface area contributed by atoms with Crippen molar-refractivity contribution in [2.75, 3.05) is 32.8 Å². The van der Waals surface area contributed by atoms with Gasteiger partial charge in [-0.2, -0.15) is 0 Å². The summed E-state index contributed by atoms with van der Waals surface area (Å²) in [6.45, 7) is 12.1. The minimum absolute atomic E-state index is 0.287. The molecule has 0 bridgehead atoms. The second-order valence-corrected chi connectivity index (χ2v) is 6.45. The van der Waals surface area contributed by atoms with Gasteiger partial charge in [0.05, 0.1) is 13.2 Å². The van der Waals surface area contributed by atoms with E-state index in [9.17, 15) is 0 Å². The minimum Gasteiger partial charge on any atom is -0.379 e.